The van der Waals surface area contributed by atoms with Crippen LogP contribution >= 0.6 is 0 Å². The van der Waals surface area contributed by atoms with Gasteiger partial charge in [0.05, 0.1) is 5.60 Å². The summed E-state index contributed by atoms with van der Waals surface area (Å²) >= 11 is 0. The summed E-state index contributed by atoms with van der Waals surface area (Å²) in [6.07, 6.45) is 7.45. The average Bonchev–Trinajstić information content (AvgIpc) is 2.93. The maximum absolute atomic E-state index is 10.6. The van der Waals surface area contributed by atoms with Gasteiger partial charge < -0.3 is 9.84 Å². The van der Waals surface area contributed by atoms with Gasteiger partial charge in [0.1, 0.15) is 6.61 Å². The number of hydrogen-bond acceptors (Lipinski definition) is 3. The van der Waals surface area contributed by atoms with Crippen LogP contribution in [0.2, 0.25) is 0 Å². The quantitative estimate of drug-likeness (QED) is 0.265. The Morgan fingerprint density at radius 1 is 0.778 bits per heavy atom. The number of rotatable bonds is 12. The molecular weight excluding hydrogens is 444 g/mol. The molecule has 0 radical (unpaired) electrons. The first-order valence-electron chi connectivity index (χ1n) is 13.1. The molecular formula is C33H40O3. The minimum Gasteiger partial charge on any atom is -0.463 e. The van der Waals surface area contributed by atoms with Crippen LogP contribution in [0.1, 0.15) is 81.2 Å². The Morgan fingerprint density at radius 3 is 1.83 bits per heavy atom. The lowest BCUT2D eigenvalue weighted by atomic mass is 9.70. The van der Waals surface area contributed by atoms with Crippen molar-refractivity contribution in [3.05, 3.63) is 101 Å². The molecule has 0 bridgehead atoms. The van der Waals surface area contributed by atoms with Crippen LogP contribution in [0.25, 0.3) is 17.2 Å². The van der Waals surface area contributed by atoms with Crippen LogP contribution in [0, 0.1) is 6.92 Å². The van der Waals surface area contributed by atoms with Gasteiger partial charge in [-0.05, 0) is 71.6 Å². The SMILES string of the molecule is CCC(O)(/C=C/c1ccc(C(CC)(CC)c2ccc(-c3ccc(COC=O)cc3)cc2)cc1C)CC. The molecule has 0 aliphatic carbocycles. The third kappa shape index (κ3) is 5.96. The molecule has 0 unspecified atom stereocenters. The molecule has 0 amide bonds. The third-order valence-electron chi connectivity index (χ3n) is 7.87. The molecule has 0 saturated heterocycles. The van der Waals surface area contributed by atoms with Crippen LogP contribution in [-0.2, 0) is 21.6 Å². The van der Waals surface area contributed by atoms with Gasteiger partial charge in [-0.2, -0.15) is 0 Å². The van der Waals surface area contributed by atoms with Crippen molar-refractivity contribution in [2.24, 2.45) is 0 Å². The zero-order chi connectivity index (χ0) is 26.2. The second kappa shape index (κ2) is 12.2. The molecule has 0 fully saturated rings. The van der Waals surface area contributed by atoms with E-state index in [4.69, 9.17) is 4.74 Å². The number of benzene rings is 3. The minimum atomic E-state index is -0.743. The normalized spacial score (nSPS) is 12.2. The molecule has 0 atom stereocenters. The molecule has 36 heavy (non-hydrogen) atoms. The van der Waals surface area contributed by atoms with Gasteiger partial charge in [-0.15, -0.1) is 0 Å². The summed E-state index contributed by atoms with van der Waals surface area (Å²) < 4.78 is 4.84. The molecule has 0 aromatic heterocycles. The van der Waals surface area contributed by atoms with E-state index in [0.29, 0.717) is 25.9 Å². The van der Waals surface area contributed by atoms with E-state index in [2.05, 4.69) is 81.4 Å². The standard InChI is InChI=1S/C33H40O3/c1-6-32(35,7-2)21-20-27-14-19-31(22-25(27)5)33(8-3,9-4)30-17-15-29(16-18-30)28-12-10-26(11-13-28)23-36-24-34/h10-22,24,35H,6-9,23H2,1-5H3/b21-20+. The van der Waals surface area contributed by atoms with Crippen molar-refractivity contribution in [2.75, 3.05) is 0 Å². The molecule has 0 saturated carbocycles. The van der Waals surface area contributed by atoms with E-state index in [1.54, 1.807) is 0 Å². The Kier molecular flexibility index (Phi) is 9.28. The van der Waals surface area contributed by atoms with Crippen molar-refractivity contribution in [3.8, 4) is 11.1 Å². The summed E-state index contributed by atoms with van der Waals surface area (Å²) in [6, 6.07) is 23.8. The predicted molar refractivity (Wildman–Crippen MR) is 150 cm³/mol. The molecule has 3 rings (SSSR count). The van der Waals surface area contributed by atoms with Gasteiger partial charge in [-0.1, -0.05) is 107 Å². The van der Waals surface area contributed by atoms with Crippen LogP contribution in [0.15, 0.2) is 72.8 Å². The Bertz CT molecular complexity index is 1150. The number of ether oxygens (including phenoxy) is 1. The van der Waals surface area contributed by atoms with Crippen LogP contribution in [0.5, 0.6) is 0 Å². The van der Waals surface area contributed by atoms with Crippen LogP contribution in [-0.4, -0.2) is 17.2 Å². The van der Waals surface area contributed by atoms with Crippen molar-refractivity contribution in [3.63, 3.8) is 0 Å². The van der Waals surface area contributed by atoms with Gasteiger partial charge in [0.25, 0.3) is 6.47 Å². The fourth-order valence-corrected chi connectivity index (χ4v) is 5.03. The van der Waals surface area contributed by atoms with E-state index in [-0.39, 0.29) is 5.41 Å². The molecule has 0 aliphatic rings. The number of carbonyl (C=O) groups excluding carboxylic acids is 1. The van der Waals surface area contributed by atoms with E-state index >= 15 is 0 Å². The van der Waals surface area contributed by atoms with Crippen LogP contribution in [0.4, 0.5) is 0 Å². The maximum atomic E-state index is 10.6. The molecule has 3 aromatic rings. The molecule has 3 nitrogen and oxygen atoms in total. The minimum absolute atomic E-state index is 0.0604. The van der Waals surface area contributed by atoms with E-state index < -0.39 is 5.60 Å². The lowest BCUT2D eigenvalue weighted by Crippen LogP contribution is -2.26. The highest BCUT2D eigenvalue weighted by Gasteiger charge is 2.31. The Labute approximate surface area is 216 Å². The second-order valence-corrected chi connectivity index (χ2v) is 9.69. The highest BCUT2D eigenvalue weighted by Crippen LogP contribution is 2.40. The van der Waals surface area contributed by atoms with E-state index in [1.807, 2.05) is 32.1 Å². The first kappa shape index (κ1) is 27.4. The van der Waals surface area contributed by atoms with Gasteiger partial charge in [0.2, 0.25) is 0 Å². The molecule has 3 heteroatoms. The van der Waals surface area contributed by atoms with Crippen LogP contribution in [0.3, 0.4) is 0 Å². The van der Waals surface area contributed by atoms with Gasteiger partial charge >= 0.3 is 0 Å². The van der Waals surface area contributed by atoms with Crippen molar-refractivity contribution in [1.82, 2.24) is 0 Å². The molecule has 3 aromatic carbocycles. The Balaban J connectivity index is 1.89. The van der Waals surface area contributed by atoms with Gasteiger partial charge in [-0.3, -0.25) is 4.79 Å². The summed E-state index contributed by atoms with van der Waals surface area (Å²) in [5.41, 5.74) is 7.50. The molecule has 1 N–H and O–H groups in total. The molecule has 190 valence electrons. The first-order valence-corrected chi connectivity index (χ1v) is 13.1. The molecule has 0 spiro atoms. The fourth-order valence-electron chi connectivity index (χ4n) is 5.03. The van der Waals surface area contributed by atoms with E-state index in [1.165, 1.54) is 22.3 Å². The zero-order valence-corrected chi connectivity index (χ0v) is 22.4. The zero-order valence-electron chi connectivity index (χ0n) is 22.4. The largest absolute Gasteiger partial charge is 0.463 e. The summed E-state index contributed by atoms with van der Waals surface area (Å²) in [5.74, 6) is 0. The molecule has 0 aliphatic heterocycles. The summed E-state index contributed by atoms with van der Waals surface area (Å²) in [7, 11) is 0. The first-order chi connectivity index (χ1) is 17.3. The third-order valence-corrected chi connectivity index (χ3v) is 7.87. The van der Waals surface area contributed by atoms with E-state index in [9.17, 15) is 9.90 Å². The topological polar surface area (TPSA) is 46.5 Å². The summed E-state index contributed by atoms with van der Waals surface area (Å²) in [6.45, 7) is 11.5. The average molecular weight is 485 g/mol. The number of carbonyl (C=O) groups is 1. The second-order valence-electron chi connectivity index (χ2n) is 9.69. The Hall–Kier alpha value is -3.17. The monoisotopic (exact) mass is 484 g/mol. The van der Waals surface area contributed by atoms with Crippen molar-refractivity contribution >= 4 is 12.5 Å². The number of hydrogen-bond donors (Lipinski definition) is 1. The summed E-state index contributed by atoms with van der Waals surface area (Å²) in [4.78, 5) is 10.4. The smallest absolute Gasteiger partial charge is 0.293 e. The predicted octanol–water partition coefficient (Wildman–Crippen LogP) is 8.01. The van der Waals surface area contributed by atoms with Gasteiger partial charge in [0.15, 0.2) is 0 Å². The summed E-state index contributed by atoms with van der Waals surface area (Å²) in [5, 5.41) is 10.6. The Morgan fingerprint density at radius 2 is 1.33 bits per heavy atom. The van der Waals surface area contributed by atoms with E-state index in [0.717, 1.165) is 29.5 Å². The van der Waals surface area contributed by atoms with Crippen LogP contribution < -0.4 is 0 Å². The highest BCUT2D eigenvalue weighted by atomic mass is 16.5. The van der Waals surface area contributed by atoms with Gasteiger partial charge in [0, 0.05) is 5.41 Å². The van der Waals surface area contributed by atoms with Gasteiger partial charge in [-0.25, -0.2) is 0 Å². The molecule has 0 heterocycles. The number of aliphatic hydroxyl groups is 1. The fraction of sp³-hybridized carbons (Fsp3) is 0.364. The van der Waals surface area contributed by atoms with Crippen molar-refractivity contribution in [2.45, 2.75) is 77.9 Å². The lowest BCUT2D eigenvalue weighted by Gasteiger charge is -2.34. The number of aryl methyl sites for hydroxylation is 1. The highest BCUT2D eigenvalue weighted by molar-refractivity contribution is 5.65. The van der Waals surface area contributed by atoms with Crippen molar-refractivity contribution in [1.29, 1.82) is 0 Å². The lowest BCUT2D eigenvalue weighted by molar-refractivity contribution is -0.129. The maximum Gasteiger partial charge on any atom is 0.293 e. The van der Waals surface area contributed by atoms with Crippen molar-refractivity contribution < 1.29 is 14.6 Å².